The summed E-state index contributed by atoms with van der Waals surface area (Å²) in [6.07, 6.45) is 5.67. The molecule has 0 bridgehead atoms. The molecule has 6 rings (SSSR count). The fourth-order valence-corrected chi connectivity index (χ4v) is 4.78. The maximum Gasteiger partial charge on any atom is 0.255 e. The van der Waals surface area contributed by atoms with E-state index in [-0.39, 0.29) is 34.5 Å². The van der Waals surface area contributed by atoms with Crippen LogP contribution in [0.4, 0.5) is 4.39 Å². The second kappa shape index (κ2) is 7.85. The maximum absolute atomic E-state index is 15.5. The highest BCUT2D eigenvalue weighted by molar-refractivity contribution is 6.42. The van der Waals surface area contributed by atoms with Crippen molar-refractivity contribution in [3.05, 3.63) is 76.5 Å². The number of fused-ring (bicyclic) bond motifs is 2. The van der Waals surface area contributed by atoms with Gasteiger partial charge in [0, 0.05) is 47.3 Å². The number of carbonyl (C=O) groups is 1. The number of hydrogen-bond donors (Lipinski definition) is 0. The summed E-state index contributed by atoms with van der Waals surface area (Å²) in [6.45, 7) is -0.205. The molecule has 4 aromatic rings. The number of benzene rings is 2. The Kier molecular flexibility index (Phi) is 4.97. The molecule has 0 spiro atoms. The minimum Gasteiger partial charge on any atom is -0.488 e. The predicted molar refractivity (Wildman–Crippen MR) is 132 cm³/mol. The predicted octanol–water partition coefficient (Wildman–Crippen LogP) is 4.07. The Labute approximate surface area is 208 Å². The second-order valence-electron chi connectivity index (χ2n) is 9.03. The largest absolute Gasteiger partial charge is 0.488 e. The molecule has 2 aliphatic rings. The summed E-state index contributed by atoms with van der Waals surface area (Å²) < 4.78 is 23.2. The van der Waals surface area contributed by atoms with E-state index in [1.165, 1.54) is 17.2 Å². The van der Waals surface area contributed by atoms with Crippen LogP contribution in [0.1, 0.15) is 34.5 Å². The molecule has 1 aliphatic carbocycles. The van der Waals surface area contributed by atoms with Crippen molar-refractivity contribution >= 4 is 44.1 Å². The van der Waals surface area contributed by atoms with Gasteiger partial charge in [-0.25, -0.2) is 4.39 Å². The molecule has 0 saturated heterocycles. The molecule has 2 aromatic carbocycles. The summed E-state index contributed by atoms with van der Waals surface area (Å²) in [5.41, 5.74) is 2.71. The lowest BCUT2D eigenvalue weighted by atomic mass is 9.59. The van der Waals surface area contributed by atoms with Crippen LogP contribution in [0.2, 0.25) is 5.02 Å². The van der Waals surface area contributed by atoms with Crippen molar-refractivity contribution in [1.29, 1.82) is 0 Å². The monoisotopic (exact) mass is 482 g/mol. The number of nitrogens with zero attached hydrogens (tertiary/aromatic N) is 4. The summed E-state index contributed by atoms with van der Waals surface area (Å²) in [7, 11) is 14.3. The van der Waals surface area contributed by atoms with Crippen LogP contribution >= 0.6 is 11.6 Å². The molecular weight excluding hydrogens is 464 g/mol. The van der Waals surface area contributed by atoms with Gasteiger partial charge in [0.2, 0.25) is 0 Å². The van der Waals surface area contributed by atoms with E-state index < -0.39 is 17.1 Å². The molecular formula is C25H18B2ClFN4O2. The fraction of sp³-hybridized carbons (Fsp3) is 0.240. The van der Waals surface area contributed by atoms with Gasteiger partial charge in [-0.15, -0.1) is 0 Å². The lowest BCUT2D eigenvalue weighted by molar-refractivity contribution is 0.0729. The van der Waals surface area contributed by atoms with Crippen LogP contribution < -0.4 is 4.74 Å². The van der Waals surface area contributed by atoms with Gasteiger partial charge >= 0.3 is 0 Å². The van der Waals surface area contributed by atoms with Crippen molar-refractivity contribution in [3.8, 4) is 16.9 Å². The minimum absolute atomic E-state index is 0.118. The standard InChI is InChI=1S/C25H18B2ClFN4O2/c1-32-11-17-15(6-7-21(22(17)31-32)35-14-4-5-14)13-9-19(28)18(20(29)10-13)12-33-24(34)16-3-2-8-30-23(16)25(33,26)27/h2-3,6-11,14H,4-5,12H2,1H3. The van der Waals surface area contributed by atoms with E-state index in [4.69, 9.17) is 32.0 Å². The van der Waals surface area contributed by atoms with Gasteiger partial charge in [0.15, 0.2) is 0 Å². The Morgan fingerprint density at radius 1 is 1.23 bits per heavy atom. The van der Waals surface area contributed by atoms with Gasteiger partial charge < -0.3 is 9.64 Å². The first kappa shape index (κ1) is 22.2. The summed E-state index contributed by atoms with van der Waals surface area (Å²) in [5.74, 6) is -0.297. The van der Waals surface area contributed by atoms with Crippen LogP contribution in [-0.4, -0.2) is 47.4 Å². The minimum atomic E-state index is -1.68. The normalized spacial score (nSPS) is 16.7. The zero-order valence-electron chi connectivity index (χ0n) is 18.8. The van der Waals surface area contributed by atoms with Gasteiger partial charge in [0.1, 0.15) is 17.1 Å². The summed E-state index contributed by atoms with van der Waals surface area (Å²) in [5, 5.41) is 3.85. The summed E-state index contributed by atoms with van der Waals surface area (Å²) in [4.78, 5) is 18.3. The molecule has 4 radical (unpaired) electrons. The van der Waals surface area contributed by atoms with Crippen LogP contribution in [0.5, 0.6) is 5.75 Å². The molecule has 2 aromatic heterocycles. The smallest absolute Gasteiger partial charge is 0.255 e. The molecule has 35 heavy (non-hydrogen) atoms. The van der Waals surface area contributed by atoms with Gasteiger partial charge in [0.25, 0.3) is 5.91 Å². The number of pyridine rings is 1. The molecule has 170 valence electrons. The zero-order valence-corrected chi connectivity index (χ0v) is 19.6. The Morgan fingerprint density at radius 3 is 2.74 bits per heavy atom. The highest BCUT2D eigenvalue weighted by Crippen LogP contribution is 2.40. The number of ether oxygens (including phenoxy) is 1. The van der Waals surface area contributed by atoms with E-state index in [0.29, 0.717) is 16.8 Å². The van der Waals surface area contributed by atoms with Crippen molar-refractivity contribution in [2.75, 3.05) is 0 Å². The number of hydrogen-bond acceptors (Lipinski definition) is 4. The van der Waals surface area contributed by atoms with Gasteiger partial charge in [-0.3, -0.25) is 14.5 Å². The lowest BCUT2D eigenvalue weighted by Gasteiger charge is -2.33. The fourth-order valence-electron chi connectivity index (χ4n) is 4.52. The Bertz CT molecular complexity index is 1500. The Morgan fingerprint density at radius 2 is 2.03 bits per heavy atom. The number of amides is 1. The third kappa shape index (κ3) is 3.60. The Balaban J connectivity index is 1.37. The average Bonchev–Trinajstić information content (AvgIpc) is 3.51. The number of aryl methyl sites for hydroxylation is 1. The highest BCUT2D eigenvalue weighted by Gasteiger charge is 2.43. The molecule has 10 heteroatoms. The van der Waals surface area contributed by atoms with E-state index in [0.717, 1.165) is 23.8 Å². The third-order valence-electron chi connectivity index (χ3n) is 6.45. The van der Waals surface area contributed by atoms with Crippen LogP contribution in [0.25, 0.3) is 22.0 Å². The molecule has 0 unspecified atom stereocenters. The van der Waals surface area contributed by atoms with E-state index in [2.05, 4.69) is 10.1 Å². The van der Waals surface area contributed by atoms with Gasteiger partial charge in [-0.1, -0.05) is 11.6 Å². The molecule has 1 amide bonds. The molecule has 0 atom stereocenters. The topological polar surface area (TPSA) is 60.3 Å². The molecule has 0 N–H and O–H groups in total. The third-order valence-corrected chi connectivity index (χ3v) is 6.79. The highest BCUT2D eigenvalue weighted by atomic mass is 35.5. The van der Waals surface area contributed by atoms with Crippen molar-refractivity contribution in [3.63, 3.8) is 0 Å². The molecule has 6 nitrogen and oxygen atoms in total. The van der Waals surface area contributed by atoms with E-state index in [1.807, 2.05) is 25.4 Å². The van der Waals surface area contributed by atoms with Gasteiger partial charge in [-0.05, 0) is 60.4 Å². The number of rotatable bonds is 5. The first-order valence-corrected chi connectivity index (χ1v) is 11.6. The lowest BCUT2D eigenvalue weighted by Crippen LogP contribution is -2.44. The SMILES string of the molecule is [B]C1([B])c2ncccc2C(=O)N1Cc1c(F)cc(-c2ccc(OC3CC3)c3nn(C)cc23)cc1Cl. The van der Waals surface area contributed by atoms with E-state index in [9.17, 15) is 4.79 Å². The van der Waals surface area contributed by atoms with Crippen LogP contribution in [0.3, 0.4) is 0 Å². The van der Waals surface area contributed by atoms with Crippen LogP contribution in [0.15, 0.2) is 48.8 Å². The van der Waals surface area contributed by atoms with Crippen molar-refractivity contribution in [2.45, 2.75) is 30.8 Å². The van der Waals surface area contributed by atoms with Crippen molar-refractivity contribution in [1.82, 2.24) is 19.7 Å². The quantitative estimate of drug-likeness (QED) is 0.403. The second-order valence-corrected chi connectivity index (χ2v) is 9.44. The Hall–Kier alpha value is -3.32. The molecule has 1 aliphatic heterocycles. The van der Waals surface area contributed by atoms with E-state index >= 15 is 4.39 Å². The van der Waals surface area contributed by atoms with Crippen LogP contribution in [0, 0.1) is 5.82 Å². The molecule has 1 fully saturated rings. The summed E-state index contributed by atoms with van der Waals surface area (Å²) in [6, 6.07) is 10.0. The zero-order chi connectivity index (χ0) is 24.5. The first-order chi connectivity index (χ1) is 16.7. The van der Waals surface area contributed by atoms with E-state index in [1.54, 1.807) is 22.9 Å². The maximum atomic E-state index is 15.5. The number of carbonyl (C=O) groups excluding carboxylic acids is 1. The number of halogens is 2. The summed E-state index contributed by atoms with van der Waals surface area (Å²) >= 11 is 6.56. The van der Waals surface area contributed by atoms with Gasteiger partial charge in [-0.2, -0.15) is 5.10 Å². The van der Waals surface area contributed by atoms with Crippen molar-refractivity contribution < 1.29 is 13.9 Å². The first-order valence-electron chi connectivity index (χ1n) is 11.2. The molecule has 3 heterocycles. The average molecular weight is 483 g/mol. The van der Waals surface area contributed by atoms with Crippen LogP contribution in [-0.2, 0) is 18.9 Å². The van der Waals surface area contributed by atoms with Crippen molar-refractivity contribution in [2.24, 2.45) is 7.05 Å². The van der Waals surface area contributed by atoms with Gasteiger partial charge in [0.05, 0.1) is 33.1 Å². The number of aromatic nitrogens is 3. The molecule has 1 saturated carbocycles.